The van der Waals surface area contributed by atoms with Gasteiger partial charge in [0.15, 0.2) is 0 Å². The van der Waals surface area contributed by atoms with Gasteiger partial charge in [-0.3, -0.25) is 4.79 Å². The van der Waals surface area contributed by atoms with E-state index in [1.165, 1.54) is 37.6 Å². The van der Waals surface area contributed by atoms with E-state index in [2.05, 4.69) is 17.5 Å². The van der Waals surface area contributed by atoms with Gasteiger partial charge in [0.1, 0.15) is 11.6 Å². The molecule has 0 spiro atoms. The van der Waals surface area contributed by atoms with Gasteiger partial charge >= 0.3 is 0 Å². The van der Waals surface area contributed by atoms with Gasteiger partial charge in [-0.1, -0.05) is 38.3 Å². The molecule has 0 aliphatic carbocycles. The number of hydrogen-bond donors (Lipinski definition) is 1. The van der Waals surface area contributed by atoms with Crippen LogP contribution in [0.2, 0.25) is 0 Å². The van der Waals surface area contributed by atoms with Gasteiger partial charge in [0.2, 0.25) is 0 Å². The molecule has 0 aliphatic rings. The second-order valence-electron chi connectivity index (χ2n) is 5.68. The lowest BCUT2D eigenvalue weighted by molar-refractivity contribution is 0.0955. The molecule has 132 valence electrons. The van der Waals surface area contributed by atoms with Crippen LogP contribution in [0.1, 0.15) is 48.5 Å². The standard InChI is InChI=1S/C20H23FN2O2/c1-2-3-4-5-14-25-19-12-8-17(9-13-19)20(24)23-22-15-16-6-10-18(21)11-7-16/h6-13,15H,2-5,14H2,1H3,(H,23,24)/b22-15+. The lowest BCUT2D eigenvalue weighted by Crippen LogP contribution is -2.17. The van der Waals surface area contributed by atoms with Gasteiger partial charge in [-0.25, -0.2) is 9.82 Å². The van der Waals surface area contributed by atoms with Crippen molar-refractivity contribution >= 4 is 12.1 Å². The summed E-state index contributed by atoms with van der Waals surface area (Å²) in [4.78, 5) is 12.0. The quantitative estimate of drug-likeness (QED) is 0.413. The maximum atomic E-state index is 12.8. The number of carbonyl (C=O) groups excluding carboxylic acids is 1. The Kier molecular flexibility index (Phi) is 7.63. The zero-order valence-corrected chi connectivity index (χ0v) is 14.4. The summed E-state index contributed by atoms with van der Waals surface area (Å²) >= 11 is 0. The summed E-state index contributed by atoms with van der Waals surface area (Å²) in [6, 6.07) is 12.8. The number of nitrogens with zero attached hydrogens (tertiary/aromatic N) is 1. The monoisotopic (exact) mass is 342 g/mol. The van der Waals surface area contributed by atoms with Crippen LogP contribution in [0.4, 0.5) is 4.39 Å². The highest BCUT2D eigenvalue weighted by Gasteiger charge is 2.04. The third-order valence-corrected chi connectivity index (χ3v) is 3.63. The Morgan fingerprint density at radius 3 is 2.48 bits per heavy atom. The lowest BCUT2D eigenvalue weighted by atomic mass is 10.2. The molecule has 2 aromatic carbocycles. The Hall–Kier alpha value is -2.69. The summed E-state index contributed by atoms with van der Waals surface area (Å²) in [6.45, 7) is 2.86. The van der Waals surface area contributed by atoms with Crippen molar-refractivity contribution in [3.8, 4) is 5.75 Å². The highest BCUT2D eigenvalue weighted by Crippen LogP contribution is 2.13. The predicted octanol–water partition coefficient (Wildman–Crippen LogP) is 4.55. The SMILES string of the molecule is CCCCCCOc1ccc(C(=O)N/N=C/c2ccc(F)cc2)cc1. The van der Waals surface area contributed by atoms with Crippen LogP contribution in [0.5, 0.6) is 5.75 Å². The first-order valence-electron chi connectivity index (χ1n) is 8.51. The fourth-order valence-corrected chi connectivity index (χ4v) is 2.20. The first-order chi connectivity index (χ1) is 12.2. The van der Waals surface area contributed by atoms with Crippen LogP contribution in [0, 0.1) is 5.82 Å². The van der Waals surface area contributed by atoms with E-state index < -0.39 is 0 Å². The molecule has 25 heavy (non-hydrogen) atoms. The van der Waals surface area contributed by atoms with Crippen LogP contribution < -0.4 is 10.2 Å². The average Bonchev–Trinajstić information content (AvgIpc) is 2.63. The van der Waals surface area contributed by atoms with E-state index in [-0.39, 0.29) is 11.7 Å². The first-order valence-corrected chi connectivity index (χ1v) is 8.51. The Bertz CT molecular complexity index is 682. The zero-order valence-electron chi connectivity index (χ0n) is 14.4. The predicted molar refractivity (Wildman–Crippen MR) is 97.5 cm³/mol. The van der Waals surface area contributed by atoms with Gasteiger partial charge in [-0.05, 0) is 48.4 Å². The maximum Gasteiger partial charge on any atom is 0.271 e. The average molecular weight is 342 g/mol. The number of halogens is 1. The van der Waals surface area contributed by atoms with Crippen molar-refractivity contribution in [2.45, 2.75) is 32.6 Å². The van der Waals surface area contributed by atoms with Gasteiger partial charge in [0.05, 0.1) is 12.8 Å². The van der Waals surface area contributed by atoms with Crippen LogP contribution >= 0.6 is 0 Å². The van der Waals surface area contributed by atoms with Crippen molar-refractivity contribution in [1.29, 1.82) is 0 Å². The number of hydrazone groups is 1. The van der Waals surface area contributed by atoms with E-state index in [0.29, 0.717) is 17.7 Å². The number of benzene rings is 2. The normalized spacial score (nSPS) is 10.8. The number of amides is 1. The highest BCUT2D eigenvalue weighted by atomic mass is 19.1. The van der Waals surface area contributed by atoms with Crippen molar-refractivity contribution in [3.63, 3.8) is 0 Å². The summed E-state index contributed by atoms with van der Waals surface area (Å²) in [6.07, 6.45) is 6.09. The number of carbonyl (C=O) groups is 1. The van der Waals surface area contributed by atoms with Crippen LogP contribution in [0.3, 0.4) is 0 Å². The first kappa shape index (κ1) is 18.6. The summed E-state index contributed by atoms with van der Waals surface area (Å²) < 4.78 is 18.4. The molecular formula is C20H23FN2O2. The fourth-order valence-electron chi connectivity index (χ4n) is 2.20. The van der Waals surface area contributed by atoms with E-state index in [1.807, 2.05) is 0 Å². The molecule has 2 aromatic rings. The van der Waals surface area contributed by atoms with Gasteiger partial charge in [-0.15, -0.1) is 0 Å². The molecule has 0 heterocycles. The smallest absolute Gasteiger partial charge is 0.271 e. The molecule has 0 radical (unpaired) electrons. The molecular weight excluding hydrogens is 319 g/mol. The van der Waals surface area contributed by atoms with E-state index in [1.54, 1.807) is 36.4 Å². The minimum absolute atomic E-state index is 0.311. The van der Waals surface area contributed by atoms with Crippen molar-refractivity contribution in [2.75, 3.05) is 6.61 Å². The van der Waals surface area contributed by atoms with Gasteiger partial charge in [0, 0.05) is 5.56 Å². The van der Waals surface area contributed by atoms with Crippen molar-refractivity contribution in [1.82, 2.24) is 5.43 Å². The molecule has 0 unspecified atom stereocenters. The molecule has 1 amide bonds. The zero-order chi connectivity index (χ0) is 17.9. The van der Waals surface area contributed by atoms with Crippen molar-refractivity contribution in [2.24, 2.45) is 5.10 Å². The number of hydrogen-bond acceptors (Lipinski definition) is 3. The topological polar surface area (TPSA) is 50.7 Å². The Labute approximate surface area is 147 Å². The second kappa shape index (κ2) is 10.2. The molecule has 2 rings (SSSR count). The molecule has 0 fully saturated rings. The number of rotatable bonds is 9. The molecule has 0 atom stereocenters. The molecule has 0 aliphatic heterocycles. The van der Waals surface area contributed by atoms with Crippen LogP contribution in [0.15, 0.2) is 53.6 Å². The van der Waals surface area contributed by atoms with E-state index in [9.17, 15) is 9.18 Å². The van der Waals surface area contributed by atoms with E-state index in [4.69, 9.17) is 4.74 Å². The van der Waals surface area contributed by atoms with Crippen molar-refractivity contribution < 1.29 is 13.9 Å². The summed E-state index contributed by atoms with van der Waals surface area (Å²) in [5.41, 5.74) is 3.64. The molecule has 0 aromatic heterocycles. The van der Waals surface area contributed by atoms with Gasteiger partial charge in [-0.2, -0.15) is 5.10 Å². The molecule has 0 saturated heterocycles. The molecule has 4 nitrogen and oxygen atoms in total. The number of ether oxygens (including phenoxy) is 1. The third kappa shape index (κ3) is 6.75. The molecule has 5 heteroatoms. The van der Waals surface area contributed by atoms with Gasteiger partial charge < -0.3 is 4.74 Å². The van der Waals surface area contributed by atoms with Crippen LogP contribution in [0.25, 0.3) is 0 Å². The molecule has 1 N–H and O–H groups in total. The minimum atomic E-state index is -0.312. The van der Waals surface area contributed by atoms with E-state index in [0.717, 1.165) is 12.2 Å². The fraction of sp³-hybridized carbons (Fsp3) is 0.300. The molecule has 0 saturated carbocycles. The molecule has 0 bridgehead atoms. The Morgan fingerprint density at radius 2 is 1.80 bits per heavy atom. The van der Waals surface area contributed by atoms with Crippen LogP contribution in [-0.2, 0) is 0 Å². The lowest BCUT2D eigenvalue weighted by Gasteiger charge is -2.06. The second-order valence-corrected chi connectivity index (χ2v) is 5.68. The number of nitrogens with one attached hydrogen (secondary N) is 1. The maximum absolute atomic E-state index is 12.8. The third-order valence-electron chi connectivity index (χ3n) is 3.63. The Balaban J connectivity index is 1.78. The van der Waals surface area contributed by atoms with Crippen LogP contribution in [-0.4, -0.2) is 18.7 Å². The largest absolute Gasteiger partial charge is 0.494 e. The highest BCUT2D eigenvalue weighted by molar-refractivity contribution is 5.94. The Morgan fingerprint density at radius 1 is 1.08 bits per heavy atom. The van der Waals surface area contributed by atoms with Gasteiger partial charge in [0.25, 0.3) is 5.91 Å². The summed E-state index contributed by atoms with van der Waals surface area (Å²) in [5.74, 6) is 0.129. The summed E-state index contributed by atoms with van der Waals surface area (Å²) in [7, 11) is 0. The number of unbranched alkanes of at least 4 members (excludes halogenated alkanes) is 3. The van der Waals surface area contributed by atoms with Crippen molar-refractivity contribution in [3.05, 3.63) is 65.5 Å². The minimum Gasteiger partial charge on any atom is -0.494 e. The summed E-state index contributed by atoms with van der Waals surface area (Å²) in [5, 5.41) is 3.87. The van der Waals surface area contributed by atoms with E-state index >= 15 is 0 Å².